The highest BCUT2D eigenvalue weighted by Gasteiger charge is 2.20. The molecule has 0 aromatic carbocycles. The number of Topliss-reactive ketones (excluding diaryl/α,β-unsaturated/α-hetero) is 1. The third-order valence-electron chi connectivity index (χ3n) is 1.07. The summed E-state index contributed by atoms with van der Waals surface area (Å²) in [6.07, 6.45) is 0. The van der Waals surface area contributed by atoms with Gasteiger partial charge < -0.3 is 5.32 Å². The molecule has 3 heteroatoms. The summed E-state index contributed by atoms with van der Waals surface area (Å²) in [4.78, 5) is 10.2. The molecular weight excluding hydrogens is 114 g/mol. The molecule has 1 rings (SSSR count). The van der Waals surface area contributed by atoms with Gasteiger partial charge in [0.15, 0.2) is 5.78 Å². The van der Waals surface area contributed by atoms with Gasteiger partial charge in [-0.25, -0.2) is 0 Å². The van der Waals surface area contributed by atoms with Crippen LogP contribution >= 0.6 is 12.4 Å². The Labute approximate surface area is 48.7 Å². The second-order valence-electron chi connectivity index (χ2n) is 1.57. The van der Waals surface area contributed by atoms with Gasteiger partial charge >= 0.3 is 0 Å². The number of hydrogen-bond acceptors (Lipinski definition) is 2. The van der Waals surface area contributed by atoms with Crippen LogP contribution in [0.2, 0.25) is 0 Å². The van der Waals surface area contributed by atoms with Gasteiger partial charge in [0.25, 0.3) is 0 Å². The summed E-state index contributed by atoms with van der Waals surface area (Å²) in [5, 5.41) is 2.91. The van der Waals surface area contributed by atoms with E-state index in [4.69, 9.17) is 0 Å². The molecule has 0 saturated carbocycles. The summed E-state index contributed by atoms with van der Waals surface area (Å²) in [6.45, 7) is 2.45. The van der Waals surface area contributed by atoms with Crippen molar-refractivity contribution >= 4 is 18.2 Å². The van der Waals surface area contributed by atoms with Crippen LogP contribution in [0.4, 0.5) is 0 Å². The molecule has 1 aliphatic heterocycles. The van der Waals surface area contributed by atoms with Crippen molar-refractivity contribution in [3.8, 4) is 0 Å². The highest BCUT2D eigenvalue weighted by atomic mass is 35.5. The molecule has 1 N–H and O–H groups in total. The van der Waals surface area contributed by atoms with Crippen LogP contribution in [0.15, 0.2) is 0 Å². The van der Waals surface area contributed by atoms with E-state index in [1.807, 2.05) is 6.92 Å². The molecule has 1 heterocycles. The molecule has 1 fully saturated rings. The largest absolute Gasteiger partial charge is 0.301 e. The summed E-state index contributed by atoms with van der Waals surface area (Å²) < 4.78 is 0. The first-order valence-corrected chi connectivity index (χ1v) is 2.07. The summed E-state index contributed by atoms with van der Waals surface area (Å²) >= 11 is 0. The maximum atomic E-state index is 10.2. The fraction of sp³-hybridized carbons (Fsp3) is 0.750. The van der Waals surface area contributed by atoms with Crippen LogP contribution in [0.3, 0.4) is 0 Å². The molecule has 2 nitrogen and oxygen atoms in total. The fourth-order valence-electron chi connectivity index (χ4n) is 0.390. The fourth-order valence-corrected chi connectivity index (χ4v) is 0.390. The molecule has 1 aliphatic rings. The van der Waals surface area contributed by atoms with Crippen molar-refractivity contribution in [2.75, 3.05) is 6.54 Å². The molecule has 42 valence electrons. The number of nitrogens with one attached hydrogen (secondary N) is 1. The molecule has 7 heavy (non-hydrogen) atoms. The average molecular weight is 122 g/mol. The predicted octanol–water partition coefficient (Wildman–Crippen LogP) is -0.0310. The van der Waals surface area contributed by atoms with E-state index in [-0.39, 0.29) is 18.4 Å². The lowest BCUT2D eigenvalue weighted by Gasteiger charge is -2.20. The van der Waals surface area contributed by atoms with Crippen molar-refractivity contribution in [2.24, 2.45) is 0 Å². The lowest BCUT2D eigenvalue weighted by molar-refractivity contribution is -0.124. The molecule has 1 saturated heterocycles. The zero-order valence-corrected chi connectivity index (χ0v) is 4.92. The number of carbonyl (C=O) groups excluding carboxylic acids is 1. The van der Waals surface area contributed by atoms with Crippen molar-refractivity contribution in [3.05, 3.63) is 0 Å². The van der Waals surface area contributed by atoms with Gasteiger partial charge in [0.05, 0.1) is 12.6 Å². The number of hydrogen-bond donors (Lipinski definition) is 1. The van der Waals surface area contributed by atoms with Crippen molar-refractivity contribution in [1.82, 2.24) is 5.32 Å². The van der Waals surface area contributed by atoms with Crippen LogP contribution in [0, 0.1) is 0 Å². The third-order valence-corrected chi connectivity index (χ3v) is 1.07. The molecule has 0 bridgehead atoms. The Morgan fingerprint density at radius 3 is 2.29 bits per heavy atom. The number of carbonyl (C=O) groups is 1. The molecular formula is C4H8ClNO. The maximum Gasteiger partial charge on any atom is 0.163 e. The van der Waals surface area contributed by atoms with E-state index >= 15 is 0 Å². The van der Waals surface area contributed by atoms with E-state index in [9.17, 15) is 4.79 Å². The van der Waals surface area contributed by atoms with E-state index in [0.717, 1.165) is 0 Å². The molecule has 0 aromatic heterocycles. The molecule has 0 aliphatic carbocycles. The second kappa shape index (κ2) is 2.28. The monoisotopic (exact) mass is 121 g/mol. The van der Waals surface area contributed by atoms with E-state index < -0.39 is 0 Å². The molecule has 0 amide bonds. The van der Waals surface area contributed by atoms with Crippen LogP contribution in [0.25, 0.3) is 0 Å². The summed E-state index contributed by atoms with van der Waals surface area (Å²) in [7, 11) is 0. The van der Waals surface area contributed by atoms with Crippen LogP contribution in [-0.2, 0) is 4.79 Å². The Balaban J connectivity index is 0.000000360. The Bertz CT molecular complexity index is 83.8. The van der Waals surface area contributed by atoms with Crippen molar-refractivity contribution in [2.45, 2.75) is 13.0 Å². The lowest BCUT2D eigenvalue weighted by atomic mass is 10.1. The first-order valence-electron chi connectivity index (χ1n) is 2.07. The summed E-state index contributed by atoms with van der Waals surface area (Å²) in [5.74, 6) is 0.329. The van der Waals surface area contributed by atoms with Crippen LogP contribution < -0.4 is 5.32 Å². The maximum absolute atomic E-state index is 10.2. The van der Waals surface area contributed by atoms with Crippen molar-refractivity contribution in [1.29, 1.82) is 0 Å². The highest BCUT2D eigenvalue weighted by Crippen LogP contribution is 1.91. The number of halogens is 1. The summed E-state index contributed by atoms with van der Waals surface area (Å²) in [6, 6.07) is 0.144. The Kier molecular flexibility index (Phi) is 2.26. The van der Waals surface area contributed by atoms with Crippen LogP contribution in [0.5, 0.6) is 0 Å². The molecule has 0 aromatic rings. The van der Waals surface area contributed by atoms with Crippen LogP contribution in [-0.4, -0.2) is 18.4 Å². The van der Waals surface area contributed by atoms with Gasteiger partial charge in [0, 0.05) is 0 Å². The SMILES string of the molecule is C[C@H]1NCC1=O.Cl. The van der Waals surface area contributed by atoms with Gasteiger partial charge in [0.1, 0.15) is 0 Å². The molecule has 1 atom stereocenters. The first kappa shape index (κ1) is 6.92. The van der Waals surface area contributed by atoms with Gasteiger partial charge in [-0.05, 0) is 6.92 Å². The van der Waals surface area contributed by atoms with Gasteiger partial charge in [-0.3, -0.25) is 4.79 Å². The summed E-state index contributed by atoms with van der Waals surface area (Å²) in [5.41, 5.74) is 0. The number of rotatable bonds is 0. The van der Waals surface area contributed by atoms with Crippen molar-refractivity contribution in [3.63, 3.8) is 0 Å². The zero-order valence-electron chi connectivity index (χ0n) is 4.10. The van der Waals surface area contributed by atoms with Crippen LogP contribution in [0.1, 0.15) is 6.92 Å². The smallest absolute Gasteiger partial charge is 0.163 e. The van der Waals surface area contributed by atoms with Gasteiger partial charge in [-0.1, -0.05) is 0 Å². The van der Waals surface area contributed by atoms with E-state index in [1.54, 1.807) is 0 Å². The normalized spacial score (nSPS) is 28.1. The first-order chi connectivity index (χ1) is 2.80. The molecule has 0 spiro atoms. The minimum absolute atomic E-state index is 0. The molecule has 0 unspecified atom stereocenters. The second-order valence-corrected chi connectivity index (χ2v) is 1.57. The van der Waals surface area contributed by atoms with Gasteiger partial charge in [0.2, 0.25) is 0 Å². The third kappa shape index (κ3) is 1.14. The quantitative estimate of drug-likeness (QED) is 0.488. The van der Waals surface area contributed by atoms with Gasteiger partial charge in [-0.2, -0.15) is 0 Å². The minimum Gasteiger partial charge on any atom is -0.301 e. The molecule has 0 radical (unpaired) electrons. The standard InChI is InChI=1S/C4H7NO.ClH/c1-3-4(6)2-5-3;/h3,5H,2H2,1H3;1H/t3-;/m1./s1. The Morgan fingerprint density at radius 2 is 2.29 bits per heavy atom. The Morgan fingerprint density at radius 1 is 1.86 bits per heavy atom. The minimum atomic E-state index is 0. The van der Waals surface area contributed by atoms with Gasteiger partial charge in [-0.15, -0.1) is 12.4 Å². The topological polar surface area (TPSA) is 29.1 Å². The van der Waals surface area contributed by atoms with E-state index in [2.05, 4.69) is 5.32 Å². The van der Waals surface area contributed by atoms with E-state index in [0.29, 0.717) is 12.3 Å². The average Bonchev–Trinajstić information content (AvgIpc) is 1.61. The highest BCUT2D eigenvalue weighted by molar-refractivity contribution is 5.90. The van der Waals surface area contributed by atoms with Crippen molar-refractivity contribution < 1.29 is 4.79 Å². The Hall–Kier alpha value is -0.0800. The predicted molar refractivity (Wildman–Crippen MR) is 29.7 cm³/mol. The zero-order chi connectivity index (χ0) is 4.57. The number of ketones is 1. The van der Waals surface area contributed by atoms with E-state index in [1.165, 1.54) is 0 Å². The lowest BCUT2D eigenvalue weighted by Crippen LogP contribution is -2.51.